The van der Waals surface area contributed by atoms with Crippen LogP contribution < -0.4 is 5.32 Å². The Morgan fingerprint density at radius 1 is 1.25 bits per heavy atom. The van der Waals surface area contributed by atoms with Gasteiger partial charge in [0.2, 0.25) is 0 Å². The first kappa shape index (κ1) is 20.5. The number of nitrogens with one attached hydrogen (secondary N) is 1. The van der Waals surface area contributed by atoms with Crippen LogP contribution in [0.3, 0.4) is 0 Å². The smallest absolute Gasteiger partial charge is 0.270 e. The molecule has 3 rings (SSSR count). The molecule has 2 fully saturated rings. The largest absolute Gasteiger partial charge is 0.349 e. The second kappa shape index (κ2) is 8.02. The van der Waals surface area contributed by atoms with E-state index in [4.69, 9.17) is 0 Å². The molecule has 1 aromatic rings. The number of Topliss-reactive ketones (excluding diaryl/α,β-unsaturated/α-hetero) is 1. The molecule has 5 atom stereocenters. The molecule has 0 saturated heterocycles. The van der Waals surface area contributed by atoms with Crippen molar-refractivity contribution in [2.45, 2.75) is 65.3 Å². The highest BCUT2D eigenvalue weighted by Crippen LogP contribution is 2.52. The Morgan fingerprint density at radius 2 is 2.00 bits per heavy atom. The summed E-state index contributed by atoms with van der Waals surface area (Å²) in [6, 6.07) is 5.85. The number of nitro groups is 1. The summed E-state index contributed by atoms with van der Waals surface area (Å²) in [6.45, 7) is 6.21. The van der Waals surface area contributed by atoms with Gasteiger partial charge in [-0.3, -0.25) is 19.7 Å². The number of hydrogen-bond acceptors (Lipinski definition) is 4. The zero-order chi connectivity index (χ0) is 20.5. The van der Waals surface area contributed by atoms with Crippen LogP contribution in [0.1, 0.15) is 69.7 Å². The number of amides is 1. The molecule has 2 aliphatic carbocycles. The molecular weight excluding hydrogens is 356 g/mol. The number of nitrogens with zero attached hydrogens (tertiary/aromatic N) is 1. The van der Waals surface area contributed by atoms with Gasteiger partial charge in [0.25, 0.3) is 11.6 Å². The lowest BCUT2D eigenvalue weighted by Crippen LogP contribution is -2.54. The second-order valence-electron chi connectivity index (χ2n) is 8.70. The number of rotatable bonds is 6. The Hall–Kier alpha value is -2.24. The van der Waals surface area contributed by atoms with E-state index in [0.717, 1.165) is 32.1 Å². The van der Waals surface area contributed by atoms with Crippen LogP contribution in [-0.4, -0.2) is 22.7 Å². The van der Waals surface area contributed by atoms with Crippen LogP contribution >= 0.6 is 0 Å². The highest BCUT2D eigenvalue weighted by atomic mass is 16.6. The van der Waals surface area contributed by atoms with Crippen LogP contribution in [0.25, 0.3) is 0 Å². The molecule has 1 aromatic carbocycles. The normalized spacial score (nSPS) is 31.8. The summed E-state index contributed by atoms with van der Waals surface area (Å²) in [7, 11) is 0. The van der Waals surface area contributed by atoms with Gasteiger partial charge in [0, 0.05) is 35.6 Å². The number of hydrogen-bond donors (Lipinski definition) is 1. The second-order valence-corrected chi connectivity index (χ2v) is 8.70. The first-order chi connectivity index (χ1) is 13.3. The lowest BCUT2D eigenvalue weighted by molar-refractivity contribution is -0.384. The minimum absolute atomic E-state index is 0.00102. The van der Waals surface area contributed by atoms with Gasteiger partial charge < -0.3 is 5.32 Å². The SMILES string of the molecule is CCC(=O)C1(CC)CC2CC(C)C(NC(=O)c3cccc([N+](=O)[O-])c3)C(C2)C1. The van der Waals surface area contributed by atoms with E-state index in [1.807, 2.05) is 6.92 Å². The van der Waals surface area contributed by atoms with Crippen molar-refractivity contribution in [2.75, 3.05) is 0 Å². The molecule has 2 aliphatic rings. The van der Waals surface area contributed by atoms with Crippen molar-refractivity contribution >= 4 is 17.4 Å². The highest BCUT2D eigenvalue weighted by Gasteiger charge is 2.49. The molecule has 0 radical (unpaired) electrons. The summed E-state index contributed by atoms with van der Waals surface area (Å²) >= 11 is 0. The molecule has 6 nitrogen and oxygen atoms in total. The highest BCUT2D eigenvalue weighted by molar-refractivity contribution is 5.95. The monoisotopic (exact) mass is 386 g/mol. The Kier molecular flexibility index (Phi) is 5.87. The van der Waals surface area contributed by atoms with E-state index in [0.29, 0.717) is 29.6 Å². The predicted octanol–water partition coefficient (Wildman–Crippen LogP) is 4.52. The van der Waals surface area contributed by atoms with Gasteiger partial charge in [-0.2, -0.15) is 0 Å². The standard InChI is InChI=1S/C22H30N2O4/c1-4-19(25)22(5-2)12-15-9-14(3)20(17(10-15)13-22)23-21(26)16-7-6-8-18(11-16)24(27)28/h6-8,11,14-15,17,20H,4-5,9-10,12-13H2,1-3H3,(H,23,26). The summed E-state index contributed by atoms with van der Waals surface area (Å²) in [6.07, 6.45) is 5.28. The first-order valence-corrected chi connectivity index (χ1v) is 10.4. The Labute approximate surface area is 166 Å². The van der Waals surface area contributed by atoms with Crippen molar-refractivity contribution in [2.24, 2.45) is 23.2 Å². The van der Waals surface area contributed by atoms with Crippen LogP contribution in [-0.2, 0) is 4.79 Å². The maximum absolute atomic E-state index is 12.8. The number of fused-ring (bicyclic) bond motifs is 2. The van der Waals surface area contributed by atoms with Gasteiger partial charge in [-0.25, -0.2) is 0 Å². The topological polar surface area (TPSA) is 89.3 Å². The molecule has 152 valence electrons. The molecule has 0 heterocycles. The third kappa shape index (κ3) is 3.82. The average molecular weight is 386 g/mol. The van der Waals surface area contributed by atoms with Crippen molar-refractivity contribution in [3.05, 3.63) is 39.9 Å². The van der Waals surface area contributed by atoms with E-state index in [2.05, 4.69) is 19.2 Å². The Bertz CT molecular complexity index is 776. The lowest BCUT2D eigenvalue weighted by atomic mass is 9.55. The van der Waals surface area contributed by atoms with Crippen molar-refractivity contribution in [1.29, 1.82) is 0 Å². The number of nitro benzene ring substituents is 1. The summed E-state index contributed by atoms with van der Waals surface area (Å²) in [5, 5.41) is 14.2. The third-order valence-electron chi connectivity index (χ3n) is 7.00. The summed E-state index contributed by atoms with van der Waals surface area (Å²) in [5.74, 6) is 1.23. The maximum atomic E-state index is 12.8. The molecule has 0 aliphatic heterocycles. The average Bonchev–Trinajstić information content (AvgIpc) is 2.69. The molecule has 2 saturated carbocycles. The number of carbonyl (C=O) groups excluding carboxylic acids is 2. The van der Waals surface area contributed by atoms with E-state index < -0.39 is 4.92 Å². The maximum Gasteiger partial charge on any atom is 0.270 e. The molecule has 5 unspecified atom stereocenters. The molecule has 0 aromatic heterocycles. The molecule has 0 spiro atoms. The minimum atomic E-state index is -0.488. The summed E-state index contributed by atoms with van der Waals surface area (Å²) in [4.78, 5) is 36.1. The van der Waals surface area contributed by atoms with E-state index >= 15 is 0 Å². The predicted molar refractivity (Wildman–Crippen MR) is 107 cm³/mol. The van der Waals surface area contributed by atoms with Gasteiger partial charge in [0.1, 0.15) is 5.78 Å². The quantitative estimate of drug-likeness (QED) is 0.575. The van der Waals surface area contributed by atoms with Crippen LogP contribution in [0.5, 0.6) is 0 Å². The van der Waals surface area contributed by atoms with Crippen molar-refractivity contribution in [1.82, 2.24) is 5.32 Å². The van der Waals surface area contributed by atoms with Gasteiger partial charge in [-0.1, -0.05) is 26.8 Å². The molecule has 28 heavy (non-hydrogen) atoms. The zero-order valence-electron chi connectivity index (χ0n) is 16.9. The van der Waals surface area contributed by atoms with Crippen LogP contribution in [0.2, 0.25) is 0 Å². The van der Waals surface area contributed by atoms with Crippen LogP contribution in [0.15, 0.2) is 24.3 Å². The number of carbonyl (C=O) groups is 2. The zero-order valence-corrected chi connectivity index (χ0v) is 16.9. The molecular formula is C22H30N2O4. The fourth-order valence-electron chi connectivity index (χ4n) is 5.67. The molecule has 1 amide bonds. The number of benzene rings is 1. The first-order valence-electron chi connectivity index (χ1n) is 10.4. The fourth-order valence-corrected chi connectivity index (χ4v) is 5.67. The number of non-ortho nitro benzene ring substituents is 1. The van der Waals surface area contributed by atoms with E-state index in [-0.39, 0.29) is 29.0 Å². The Morgan fingerprint density at radius 3 is 2.64 bits per heavy atom. The fraction of sp³-hybridized carbons (Fsp3) is 0.636. The van der Waals surface area contributed by atoms with Crippen molar-refractivity contribution in [3.8, 4) is 0 Å². The van der Waals surface area contributed by atoms with E-state index in [1.165, 1.54) is 18.2 Å². The molecule has 2 bridgehead atoms. The van der Waals surface area contributed by atoms with E-state index in [9.17, 15) is 19.7 Å². The summed E-state index contributed by atoms with van der Waals surface area (Å²) < 4.78 is 0. The lowest BCUT2D eigenvalue weighted by Gasteiger charge is -2.51. The van der Waals surface area contributed by atoms with Crippen LogP contribution in [0.4, 0.5) is 5.69 Å². The van der Waals surface area contributed by atoms with Gasteiger partial charge in [0.15, 0.2) is 0 Å². The molecule has 6 heteroatoms. The minimum Gasteiger partial charge on any atom is -0.349 e. The third-order valence-corrected chi connectivity index (χ3v) is 7.00. The summed E-state index contributed by atoms with van der Waals surface area (Å²) in [5.41, 5.74) is -0.0249. The van der Waals surface area contributed by atoms with Crippen molar-refractivity contribution in [3.63, 3.8) is 0 Å². The van der Waals surface area contributed by atoms with Crippen molar-refractivity contribution < 1.29 is 14.5 Å². The van der Waals surface area contributed by atoms with Gasteiger partial charge >= 0.3 is 0 Å². The van der Waals surface area contributed by atoms with Gasteiger partial charge in [-0.15, -0.1) is 0 Å². The Balaban J connectivity index is 1.80. The number of ketones is 1. The van der Waals surface area contributed by atoms with Crippen LogP contribution in [0, 0.1) is 33.3 Å². The van der Waals surface area contributed by atoms with E-state index in [1.54, 1.807) is 6.07 Å². The molecule has 1 N–H and O–H groups in total. The van der Waals surface area contributed by atoms with Gasteiger partial charge in [0.05, 0.1) is 4.92 Å². The van der Waals surface area contributed by atoms with Gasteiger partial charge in [-0.05, 0) is 55.9 Å².